The number of methoxy groups -OCH3 is 1. The quantitative estimate of drug-likeness (QED) is 0.496. The number of nitrogens with one attached hydrogen (secondary N) is 1. The first-order valence-corrected chi connectivity index (χ1v) is 9.94. The Hall–Kier alpha value is -3.51. The predicted molar refractivity (Wildman–Crippen MR) is 118 cm³/mol. The van der Waals surface area contributed by atoms with Gasteiger partial charge in [0.15, 0.2) is 5.82 Å². The standard InChI is InChI=1S/C24H25N5O/c1-17(23-16-28-29(18(23)2)21-7-5-4-6-8-21)25-13-19-14-26-24(27-15-19)20-9-11-22(30-3)12-10-20/h4-12,14-17,25H,13H2,1-3H3/t17-/m1/s1. The third-order valence-electron chi connectivity index (χ3n) is 5.18. The summed E-state index contributed by atoms with van der Waals surface area (Å²) >= 11 is 0. The summed E-state index contributed by atoms with van der Waals surface area (Å²) in [4.78, 5) is 9.02. The van der Waals surface area contributed by atoms with Crippen LogP contribution in [0.4, 0.5) is 0 Å². The van der Waals surface area contributed by atoms with Gasteiger partial charge in [-0.15, -0.1) is 0 Å². The molecule has 0 radical (unpaired) electrons. The van der Waals surface area contributed by atoms with Crippen molar-refractivity contribution in [3.05, 3.63) is 90.0 Å². The highest BCUT2D eigenvalue weighted by Crippen LogP contribution is 2.21. The summed E-state index contributed by atoms with van der Waals surface area (Å²) in [7, 11) is 1.66. The zero-order valence-corrected chi connectivity index (χ0v) is 17.4. The second kappa shape index (κ2) is 8.88. The van der Waals surface area contributed by atoms with Gasteiger partial charge in [-0.05, 0) is 50.2 Å². The van der Waals surface area contributed by atoms with E-state index < -0.39 is 0 Å². The fourth-order valence-electron chi connectivity index (χ4n) is 3.39. The molecule has 0 saturated heterocycles. The highest BCUT2D eigenvalue weighted by Gasteiger charge is 2.14. The molecule has 1 N–H and O–H groups in total. The molecule has 1 atom stereocenters. The summed E-state index contributed by atoms with van der Waals surface area (Å²) in [6, 6.07) is 18.1. The molecule has 2 aromatic carbocycles. The van der Waals surface area contributed by atoms with Crippen LogP contribution in [0, 0.1) is 6.92 Å². The molecule has 0 saturated carbocycles. The van der Waals surface area contributed by atoms with Gasteiger partial charge in [0.25, 0.3) is 0 Å². The van der Waals surface area contributed by atoms with Crippen LogP contribution in [0.2, 0.25) is 0 Å². The van der Waals surface area contributed by atoms with Crippen LogP contribution >= 0.6 is 0 Å². The molecular weight excluding hydrogens is 374 g/mol. The summed E-state index contributed by atoms with van der Waals surface area (Å²) < 4.78 is 7.17. The second-order valence-electron chi connectivity index (χ2n) is 7.18. The van der Waals surface area contributed by atoms with E-state index in [4.69, 9.17) is 4.74 Å². The molecule has 0 aliphatic rings. The van der Waals surface area contributed by atoms with Crippen molar-refractivity contribution in [2.45, 2.75) is 26.4 Å². The van der Waals surface area contributed by atoms with E-state index in [1.54, 1.807) is 7.11 Å². The predicted octanol–water partition coefficient (Wildman–Crippen LogP) is 4.50. The minimum absolute atomic E-state index is 0.156. The smallest absolute Gasteiger partial charge is 0.159 e. The SMILES string of the molecule is COc1ccc(-c2ncc(CN[C@H](C)c3cnn(-c4ccccc4)c3C)cn2)cc1. The Balaban J connectivity index is 1.40. The maximum absolute atomic E-state index is 5.19. The molecule has 4 rings (SSSR count). The van der Waals surface area contributed by atoms with Gasteiger partial charge in [0.2, 0.25) is 0 Å². The fourth-order valence-corrected chi connectivity index (χ4v) is 3.39. The zero-order chi connectivity index (χ0) is 20.9. The van der Waals surface area contributed by atoms with Gasteiger partial charge in [0.1, 0.15) is 5.75 Å². The average Bonchev–Trinajstić information content (AvgIpc) is 3.20. The molecule has 30 heavy (non-hydrogen) atoms. The molecule has 6 heteroatoms. The zero-order valence-electron chi connectivity index (χ0n) is 17.4. The van der Waals surface area contributed by atoms with Crippen LogP contribution in [0.25, 0.3) is 17.1 Å². The monoisotopic (exact) mass is 399 g/mol. The largest absolute Gasteiger partial charge is 0.497 e. The van der Waals surface area contributed by atoms with Crippen molar-refractivity contribution >= 4 is 0 Å². The summed E-state index contributed by atoms with van der Waals surface area (Å²) in [5, 5.41) is 8.11. The third-order valence-corrected chi connectivity index (χ3v) is 5.18. The number of ether oxygens (including phenoxy) is 1. The van der Waals surface area contributed by atoms with Crippen LogP contribution < -0.4 is 10.1 Å². The number of nitrogens with zero attached hydrogens (tertiary/aromatic N) is 4. The molecule has 4 aromatic rings. The summed E-state index contributed by atoms with van der Waals surface area (Å²) in [6.07, 6.45) is 5.67. The van der Waals surface area contributed by atoms with Crippen molar-refractivity contribution < 1.29 is 4.74 Å². The fraction of sp³-hybridized carbons (Fsp3) is 0.208. The molecular formula is C24H25N5O. The van der Waals surface area contributed by atoms with Crippen LogP contribution in [-0.2, 0) is 6.54 Å². The van der Waals surface area contributed by atoms with E-state index >= 15 is 0 Å². The van der Waals surface area contributed by atoms with Crippen molar-refractivity contribution in [2.75, 3.05) is 7.11 Å². The van der Waals surface area contributed by atoms with Gasteiger partial charge >= 0.3 is 0 Å². The Bertz CT molecular complexity index is 1090. The molecule has 2 heterocycles. The van der Waals surface area contributed by atoms with E-state index in [9.17, 15) is 0 Å². The Kier molecular flexibility index (Phi) is 5.86. The Morgan fingerprint density at radius 2 is 1.67 bits per heavy atom. The maximum atomic E-state index is 5.19. The first kappa shape index (κ1) is 19.8. The van der Waals surface area contributed by atoms with Crippen molar-refractivity contribution in [3.8, 4) is 22.8 Å². The number of hydrogen-bond donors (Lipinski definition) is 1. The lowest BCUT2D eigenvalue weighted by molar-refractivity contribution is 0.415. The molecule has 0 amide bonds. The first-order chi connectivity index (χ1) is 14.7. The van der Waals surface area contributed by atoms with Crippen molar-refractivity contribution in [2.24, 2.45) is 0 Å². The van der Waals surface area contributed by atoms with E-state index in [1.165, 1.54) is 5.56 Å². The minimum atomic E-state index is 0.156. The lowest BCUT2D eigenvalue weighted by Crippen LogP contribution is -2.19. The van der Waals surface area contributed by atoms with Crippen molar-refractivity contribution in [3.63, 3.8) is 0 Å². The van der Waals surface area contributed by atoms with E-state index in [-0.39, 0.29) is 6.04 Å². The van der Waals surface area contributed by atoms with Crippen LogP contribution in [0.3, 0.4) is 0 Å². The topological polar surface area (TPSA) is 64.9 Å². The molecule has 6 nitrogen and oxygen atoms in total. The molecule has 0 aliphatic carbocycles. The summed E-state index contributed by atoms with van der Waals surface area (Å²) in [5.74, 6) is 1.52. The Morgan fingerprint density at radius 1 is 0.967 bits per heavy atom. The number of rotatable bonds is 7. The summed E-state index contributed by atoms with van der Waals surface area (Å²) in [5.41, 5.74) is 5.37. The third kappa shape index (κ3) is 4.23. The van der Waals surface area contributed by atoms with E-state index in [0.29, 0.717) is 12.4 Å². The van der Waals surface area contributed by atoms with E-state index in [2.05, 4.69) is 46.4 Å². The molecule has 0 aliphatic heterocycles. The molecule has 0 spiro atoms. The minimum Gasteiger partial charge on any atom is -0.497 e. The Labute approximate surface area is 176 Å². The van der Waals surface area contributed by atoms with Gasteiger partial charge in [0.05, 0.1) is 19.0 Å². The maximum Gasteiger partial charge on any atom is 0.159 e. The highest BCUT2D eigenvalue weighted by atomic mass is 16.5. The van der Waals surface area contributed by atoms with Crippen LogP contribution in [-0.4, -0.2) is 26.9 Å². The number of aromatic nitrogens is 4. The molecule has 0 fully saturated rings. The lowest BCUT2D eigenvalue weighted by atomic mass is 10.1. The van der Waals surface area contributed by atoms with E-state index in [0.717, 1.165) is 28.3 Å². The second-order valence-corrected chi connectivity index (χ2v) is 7.18. The molecule has 152 valence electrons. The lowest BCUT2D eigenvalue weighted by Gasteiger charge is -2.14. The van der Waals surface area contributed by atoms with Crippen molar-refractivity contribution in [1.82, 2.24) is 25.1 Å². The average molecular weight is 399 g/mol. The van der Waals surface area contributed by atoms with Gasteiger partial charge in [-0.1, -0.05) is 18.2 Å². The van der Waals surface area contributed by atoms with E-state index in [1.807, 2.05) is 65.7 Å². The van der Waals surface area contributed by atoms with Crippen LogP contribution in [0.5, 0.6) is 5.75 Å². The normalized spacial score (nSPS) is 12.0. The Morgan fingerprint density at radius 3 is 2.33 bits per heavy atom. The molecule has 0 unspecified atom stereocenters. The number of hydrogen-bond acceptors (Lipinski definition) is 5. The summed E-state index contributed by atoms with van der Waals surface area (Å²) in [6.45, 7) is 4.92. The van der Waals surface area contributed by atoms with Crippen LogP contribution in [0.15, 0.2) is 73.2 Å². The van der Waals surface area contributed by atoms with Gasteiger partial charge in [0, 0.05) is 47.4 Å². The van der Waals surface area contributed by atoms with Gasteiger partial charge in [-0.2, -0.15) is 5.10 Å². The first-order valence-electron chi connectivity index (χ1n) is 9.94. The van der Waals surface area contributed by atoms with Crippen LogP contribution in [0.1, 0.15) is 29.8 Å². The number of para-hydroxylation sites is 1. The van der Waals surface area contributed by atoms with Gasteiger partial charge in [-0.25, -0.2) is 14.6 Å². The molecule has 2 aromatic heterocycles. The highest BCUT2D eigenvalue weighted by molar-refractivity contribution is 5.55. The van der Waals surface area contributed by atoms with Crippen molar-refractivity contribution in [1.29, 1.82) is 0 Å². The van der Waals surface area contributed by atoms with Gasteiger partial charge in [-0.3, -0.25) is 0 Å². The molecule has 0 bridgehead atoms. The van der Waals surface area contributed by atoms with Gasteiger partial charge < -0.3 is 10.1 Å². The number of benzene rings is 2.